The molecule has 2 atom stereocenters. The van der Waals surface area contributed by atoms with E-state index < -0.39 is 24.9 Å². The summed E-state index contributed by atoms with van der Waals surface area (Å²) in [7, 11) is -2.75. The van der Waals surface area contributed by atoms with E-state index in [4.69, 9.17) is 27.5 Å². The molecule has 1 aromatic carbocycles. The van der Waals surface area contributed by atoms with Crippen LogP contribution in [0, 0.1) is 0 Å². The van der Waals surface area contributed by atoms with Crippen molar-refractivity contribution in [3.63, 3.8) is 0 Å². The Morgan fingerprint density at radius 2 is 2.29 bits per heavy atom. The first-order valence-corrected chi connectivity index (χ1v) is 7.35. The molecule has 0 radical (unpaired) electrons. The summed E-state index contributed by atoms with van der Waals surface area (Å²) in [5, 5.41) is 0.265. The molecule has 1 aromatic heterocycles. The van der Waals surface area contributed by atoms with Crippen molar-refractivity contribution in [1.82, 2.24) is 0 Å². The van der Waals surface area contributed by atoms with Crippen LogP contribution in [0.15, 0.2) is 27.6 Å². The Hall–Kier alpha value is -2.96. The third-order valence-electron chi connectivity index (χ3n) is 4.52. The molecule has 7 nitrogen and oxygen atoms in total. The minimum Gasteiger partial charge on any atom is -0.496 e. The third kappa shape index (κ3) is 1.56. The number of carbonyl (C=O) groups is 1. The number of carbonyl (C=O) groups excluding carboxylic acids is 1. The highest BCUT2D eigenvalue weighted by molar-refractivity contribution is 6.01. The highest BCUT2D eigenvalue weighted by Crippen LogP contribution is 2.49. The Labute approximate surface area is 139 Å². The lowest BCUT2D eigenvalue weighted by Gasteiger charge is -2.18. The van der Waals surface area contributed by atoms with E-state index in [1.54, 1.807) is 6.08 Å². The van der Waals surface area contributed by atoms with Crippen LogP contribution < -0.4 is 15.1 Å². The van der Waals surface area contributed by atoms with Gasteiger partial charge in [0.25, 0.3) is 6.29 Å². The zero-order valence-electron chi connectivity index (χ0n) is 15.2. The molecule has 0 unspecified atom stereocenters. The number of fused-ring (bicyclic) bond motifs is 7. The lowest BCUT2D eigenvalue weighted by molar-refractivity contribution is -0.00485. The van der Waals surface area contributed by atoms with Crippen LogP contribution in [0.3, 0.4) is 0 Å². The van der Waals surface area contributed by atoms with Crippen LogP contribution in [0.25, 0.3) is 11.0 Å². The summed E-state index contributed by atoms with van der Waals surface area (Å²) in [4.78, 5) is 24.5. The maximum Gasteiger partial charge on any atom is 0.351 e. The van der Waals surface area contributed by atoms with E-state index in [0.717, 1.165) is 0 Å². The number of hydrogen-bond acceptors (Lipinski definition) is 7. The van der Waals surface area contributed by atoms with Gasteiger partial charge in [0.05, 0.1) is 40.9 Å². The van der Waals surface area contributed by atoms with Gasteiger partial charge in [-0.3, -0.25) is 0 Å². The van der Waals surface area contributed by atoms with Gasteiger partial charge in [0, 0.05) is 12.5 Å². The van der Waals surface area contributed by atoms with Gasteiger partial charge >= 0.3 is 11.6 Å². The van der Waals surface area contributed by atoms with Crippen LogP contribution in [0.2, 0.25) is 0 Å². The van der Waals surface area contributed by atoms with Gasteiger partial charge in [-0.05, 0) is 11.6 Å². The highest BCUT2D eigenvalue weighted by Gasteiger charge is 2.41. The van der Waals surface area contributed by atoms with Gasteiger partial charge in [0.1, 0.15) is 22.6 Å². The molecule has 0 spiro atoms. The zero-order chi connectivity index (χ0) is 18.9. The SMILES string of the molecule is [2H]C([2H])([2H])Oc1cc2c(c3oc(=O)c4c(c13)CCOC4=O)[C@H]1C=CO[C@H]1O2. The molecule has 24 heavy (non-hydrogen) atoms. The molecule has 0 saturated carbocycles. The van der Waals surface area contributed by atoms with Gasteiger partial charge in [-0.25, -0.2) is 9.59 Å². The molecule has 5 rings (SSSR count). The summed E-state index contributed by atoms with van der Waals surface area (Å²) in [6.07, 6.45) is 2.86. The lowest BCUT2D eigenvalue weighted by atomic mass is 9.93. The molecule has 0 saturated heterocycles. The quantitative estimate of drug-likeness (QED) is 0.582. The fraction of sp³-hybridized carbons (Fsp3) is 0.294. The first-order chi connectivity index (χ1) is 12.8. The van der Waals surface area contributed by atoms with Crippen LogP contribution in [-0.2, 0) is 15.9 Å². The molecule has 0 amide bonds. The molecule has 0 N–H and O–H groups in total. The van der Waals surface area contributed by atoms with E-state index in [2.05, 4.69) is 0 Å². The second kappa shape index (κ2) is 4.53. The molecule has 3 aliphatic rings. The first-order valence-electron chi connectivity index (χ1n) is 8.85. The van der Waals surface area contributed by atoms with Crippen molar-refractivity contribution in [2.24, 2.45) is 0 Å². The number of benzene rings is 1. The first kappa shape index (κ1) is 10.7. The van der Waals surface area contributed by atoms with Crippen molar-refractivity contribution in [2.75, 3.05) is 13.6 Å². The number of ether oxygens (including phenoxy) is 4. The average Bonchev–Trinajstić information content (AvgIpc) is 3.13. The average molecular weight is 331 g/mol. The molecule has 7 heteroatoms. The summed E-state index contributed by atoms with van der Waals surface area (Å²) < 4.78 is 48.9. The van der Waals surface area contributed by atoms with Crippen molar-refractivity contribution in [3.8, 4) is 11.5 Å². The normalized spacial score (nSPS) is 25.5. The van der Waals surface area contributed by atoms with Gasteiger partial charge in [-0.15, -0.1) is 0 Å². The predicted molar refractivity (Wildman–Crippen MR) is 80.4 cm³/mol. The van der Waals surface area contributed by atoms with E-state index in [1.807, 2.05) is 0 Å². The van der Waals surface area contributed by atoms with Gasteiger partial charge in [0.2, 0.25) is 0 Å². The fourth-order valence-electron chi connectivity index (χ4n) is 3.52. The Balaban J connectivity index is 1.88. The molecule has 0 aliphatic carbocycles. The van der Waals surface area contributed by atoms with E-state index in [-0.39, 0.29) is 41.2 Å². The smallest absolute Gasteiger partial charge is 0.351 e. The molecule has 122 valence electrons. The lowest BCUT2D eigenvalue weighted by Crippen LogP contribution is -2.26. The summed E-state index contributed by atoms with van der Waals surface area (Å²) in [5.74, 6) is -0.864. The van der Waals surface area contributed by atoms with Gasteiger partial charge in [0.15, 0.2) is 0 Å². The topological polar surface area (TPSA) is 84.2 Å². The summed E-state index contributed by atoms with van der Waals surface area (Å²) in [6, 6.07) is 1.43. The van der Waals surface area contributed by atoms with E-state index in [9.17, 15) is 9.59 Å². The van der Waals surface area contributed by atoms with E-state index in [1.165, 1.54) is 12.3 Å². The Kier molecular flexibility index (Phi) is 2.03. The van der Waals surface area contributed by atoms with Gasteiger partial charge in [-0.1, -0.05) is 0 Å². The summed E-state index contributed by atoms with van der Waals surface area (Å²) in [6.45, 7) is 0.0697. The zero-order valence-corrected chi connectivity index (χ0v) is 12.2. The Morgan fingerprint density at radius 1 is 1.38 bits per heavy atom. The predicted octanol–water partition coefficient (Wildman–Crippen LogP) is 1.86. The Morgan fingerprint density at radius 3 is 3.17 bits per heavy atom. The summed E-state index contributed by atoms with van der Waals surface area (Å²) in [5.41, 5.74) is -0.0428. The molecule has 3 aliphatic heterocycles. The number of rotatable bonds is 1. The number of cyclic esters (lactones) is 1. The number of methoxy groups -OCH3 is 1. The van der Waals surface area contributed by atoms with Crippen molar-refractivity contribution in [2.45, 2.75) is 18.6 Å². The van der Waals surface area contributed by atoms with Crippen molar-refractivity contribution in [1.29, 1.82) is 0 Å². The second-order valence-electron chi connectivity index (χ2n) is 5.70. The van der Waals surface area contributed by atoms with E-state index >= 15 is 0 Å². The molecule has 0 bridgehead atoms. The van der Waals surface area contributed by atoms with Gasteiger partial charge in [-0.2, -0.15) is 0 Å². The number of esters is 1. The summed E-state index contributed by atoms with van der Waals surface area (Å²) >= 11 is 0. The maximum atomic E-state index is 12.5. The van der Waals surface area contributed by atoms with Gasteiger partial charge < -0.3 is 23.4 Å². The molecule has 4 heterocycles. The van der Waals surface area contributed by atoms with Crippen LogP contribution >= 0.6 is 0 Å². The van der Waals surface area contributed by atoms with E-state index in [0.29, 0.717) is 16.9 Å². The minimum absolute atomic E-state index is 0.0533. The third-order valence-corrected chi connectivity index (χ3v) is 4.52. The second-order valence-corrected chi connectivity index (χ2v) is 5.70. The largest absolute Gasteiger partial charge is 0.496 e. The van der Waals surface area contributed by atoms with Crippen LogP contribution in [-0.4, -0.2) is 25.9 Å². The maximum absolute atomic E-state index is 12.5. The molecule has 0 fully saturated rings. The van der Waals surface area contributed by atoms with Crippen molar-refractivity contribution in [3.05, 3.63) is 45.5 Å². The minimum atomic E-state index is -2.75. The fourth-order valence-corrected chi connectivity index (χ4v) is 3.52. The highest BCUT2D eigenvalue weighted by atomic mass is 16.7. The van der Waals surface area contributed by atoms with Crippen molar-refractivity contribution >= 4 is 16.9 Å². The monoisotopic (exact) mass is 331 g/mol. The standard InChI is InChI=1S/C17H12O7/c1-20-9-6-10-12(8-3-5-22-17(8)23-10)14-11(9)7-2-4-21-15(18)13(7)16(19)24-14/h3,5-6,8,17H,2,4H2,1H3/t8-,17+/m1/s1/i1D3. The number of hydrogen-bond donors (Lipinski definition) is 0. The molecular formula is C17H12O7. The molecule has 2 aromatic rings. The van der Waals surface area contributed by atoms with Crippen LogP contribution in [0.4, 0.5) is 0 Å². The van der Waals surface area contributed by atoms with Crippen molar-refractivity contribution < 1.29 is 32.3 Å². The van der Waals surface area contributed by atoms with Crippen LogP contribution in [0.1, 0.15) is 31.5 Å². The molecular weight excluding hydrogens is 316 g/mol. The van der Waals surface area contributed by atoms with Crippen LogP contribution in [0.5, 0.6) is 11.5 Å². The Bertz CT molecular complexity index is 1080.